The fourth-order valence-corrected chi connectivity index (χ4v) is 3.11. The van der Waals surface area contributed by atoms with Crippen molar-refractivity contribution in [1.82, 2.24) is 9.97 Å². The van der Waals surface area contributed by atoms with E-state index >= 15 is 0 Å². The van der Waals surface area contributed by atoms with Crippen LogP contribution in [0.4, 0.5) is 5.82 Å². The molecule has 108 valence electrons. The Morgan fingerprint density at radius 1 is 1.15 bits per heavy atom. The van der Waals surface area contributed by atoms with E-state index in [1.807, 2.05) is 0 Å². The van der Waals surface area contributed by atoms with E-state index in [0.29, 0.717) is 5.41 Å². The van der Waals surface area contributed by atoms with Crippen LogP contribution in [0.2, 0.25) is 0 Å². The molecule has 0 unspecified atom stereocenters. The second-order valence-electron chi connectivity index (χ2n) is 5.66. The number of hydrogen-bond acceptors (Lipinski definition) is 5. The second-order valence-corrected chi connectivity index (χ2v) is 5.66. The molecule has 2 aliphatic rings. The summed E-state index contributed by atoms with van der Waals surface area (Å²) in [5.74, 6) is -0.263. The van der Waals surface area contributed by atoms with Crippen LogP contribution in [0.15, 0.2) is 12.4 Å². The topological polar surface area (TPSA) is 75.5 Å². The van der Waals surface area contributed by atoms with E-state index in [1.165, 1.54) is 6.20 Å². The molecule has 1 aromatic rings. The fraction of sp³-hybridized carbons (Fsp3) is 0.643. The zero-order valence-electron chi connectivity index (χ0n) is 11.4. The molecular formula is C14H19N3O3. The van der Waals surface area contributed by atoms with Gasteiger partial charge in [0.2, 0.25) is 0 Å². The molecule has 0 bridgehead atoms. The first kappa shape index (κ1) is 13.3. The Bertz CT molecular complexity index is 473. The quantitative estimate of drug-likeness (QED) is 0.884. The fourth-order valence-electron chi connectivity index (χ4n) is 3.11. The maximum atomic E-state index is 10.8. The lowest BCUT2D eigenvalue weighted by atomic mass is 9.72. The highest BCUT2D eigenvalue weighted by Gasteiger charge is 2.36. The molecule has 0 atom stereocenters. The average Bonchev–Trinajstić information content (AvgIpc) is 2.49. The van der Waals surface area contributed by atoms with Gasteiger partial charge in [0.05, 0.1) is 12.4 Å². The summed E-state index contributed by atoms with van der Waals surface area (Å²) < 4.78 is 5.45. The Labute approximate surface area is 117 Å². The highest BCUT2D eigenvalue weighted by atomic mass is 16.5. The van der Waals surface area contributed by atoms with Crippen LogP contribution in [-0.4, -0.2) is 47.3 Å². The van der Waals surface area contributed by atoms with Gasteiger partial charge in [-0.3, -0.25) is 0 Å². The Hall–Kier alpha value is -1.69. The van der Waals surface area contributed by atoms with Crippen molar-refractivity contribution in [3.05, 3.63) is 18.1 Å². The van der Waals surface area contributed by atoms with E-state index in [0.717, 1.165) is 57.8 Å². The number of aromatic nitrogens is 2. The van der Waals surface area contributed by atoms with E-state index in [4.69, 9.17) is 9.84 Å². The van der Waals surface area contributed by atoms with Crippen molar-refractivity contribution in [3.63, 3.8) is 0 Å². The maximum absolute atomic E-state index is 10.8. The van der Waals surface area contributed by atoms with E-state index in [-0.39, 0.29) is 5.69 Å². The van der Waals surface area contributed by atoms with Crippen LogP contribution < -0.4 is 4.90 Å². The summed E-state index contributed by atoms with van der Waals surface area (Å²) >= 11 is 0. The van der Waals surface area contributed by atoms with Crippen molar-refractivity contribution in [2.24, 2.45) is 5.41 Å². The molecule has 1 spiro atoms. The van der Waals surface area contributed by atoms with E-state index in [2.05, 4.69) is 14.9 Å². The van der Waals surface area contributed by atoms with Crippen LogP contribution in [0.25, 0.3) is 0 Å². The van der Waals surface area contributed by atoms with Crippen molar-refractivity contribution < 1.29 is 14.6 Å². The first-order chi connectivity index (χ1) is 9.69. The minimum atomic E-state index is -1.04. The molecule has 0 aromatic carbocycles. The summed E-state index contributed by atoms with van der Waals surface area (Å²) in [6.45, 7) is 3.68. The molecule has 2 aliphatic heterocycles. The number of piperidine rings is 1. The molecule has 2 fully saturated rings. The molecule has 3 rings (SSSR count). The van der Waals surface area contributed by atoms with Crippen LogP contribution in [0, 0.1) is 5.41 Å². The third kappa shape index (κ3) is 2.60. The van der Waals surface area contributed by atoms with E-state index in [9.17, 15) is 4.79 Å². The second kappa shape index (κ2) is 5.36. The van der Waals surface area contributed by atoms with Crippen LogP contribution in [0.1, 0.15) is 36.2 Å². The standard InChI is InChI=1S/C14H19N3O3/c18-13(19)11-9-16-12(10-15-11)17-5-1-14(2-6-17)3-7-20-8-4-14/h9-10H,1-8H2,(H,18,19). The molecule has 0 saturated carbocycles. The molecule has 0 radical (unpaired) electrons. The minimum absolute atomic E-state index is 0.00772. The van der Waals surface area contributed by atoms with Gasteiger partial charge in [-0.15, -0.1) is 0 Å². The summed E-state index contributed by atoms with van der Waals surface area (Å²) in [6, 6.07) is 0. The lowest BCUT2D eigenvalue weighted by Gasteiger charge is -2.44. The number of carboxylic acid groups (broad SMARTS) is 1. The summed E-state index contributed by atoms with van der Waals surface area (Å²) in [4.78, 5) is 21.1. The average molecular weight is 277 g/mol. The molecule has 20 heavy (non-hydrogen) atoms. The minimum Gasteiger partial charge on any atom is -0.476 e. The zero-order chi connectivity index (χ0) is 14.0. The van der Waals surface area contributed by atoms with Gasteiger partial charge in [0.1, 0.15) is 5.82 Å². The Kier molecular flexibility index (Phi) is 3.56. The largest absolute Gasteiger partial charge is 0.476 e. The number of carboxylic acids is 1. The Morgan fingerprint density at radius 2 is 1.85 bits per heavy atom. The van der Waals surface area contributed by atoms with Gasteiger partial charge < -0.3 is 14.7 Å². The number of ether oxygens (including phenoxy) is 1. The molecule has 3 heterocycles. The van der Waals surface area contributed by atoms with Gasteiger partial charge in [0.15, 0.2) is 5.69 Å². The summed E-state index contributed by atoms with van der Waals surface area (Å²) in [5.41, 5.74) is 0.440. The van der Waals surface area contributed by atoms with Crippen molar-refractivity contribution in [2.75, 3.05) is 31.2 Å². The first-order valence-corrected chi connectivity index (χ1v) is 7.07. The van der Waals surface area contributed by atoms with Crippen molar-refractivity contribution in [3.8, 4) is 0 Å². The molecule has 1 aromatic heterocycles. The molecule has 1 N–H and O–H groups in total. The number of hydrogen-bond donors (Lipinski definition) is 1. The smallest absolute Gasteiger partial charge is 0.356 e. The lowest BCUT2D eigenvalue weighted by molar-refractivity contribution is 0.00205. The molecule has 0 aliphatic carbocycles. The van der Waals surface area contributed by atoms with Crippen molar-refractivity contribution in [2.45, 2.75) is 25.7 Å². The van der Waals surface area contributed by atoms with Gasteiger partial charge in [-0.2, -0.15) is 0 Å². The first-order valence-electron chi connectivity index (χ1n) is 7.07. The Morgan fingerprint density at radius 3 is 2.40 bits per heavy atom. The maximum Gasteiger partial charge on any atom is 0.356 e. The van der Waals surface area contributed by atoms with Crippen LogP contribution in [0.5, 0.6) is 0 Å². The highest BCUT2D eigenvalue weighted by molar-refractivity contribution is 5.84. The van der Waals surface area contributed by atoms with Gasteiger partial charge in [-0.1, -0.05) is 0 Å². The number of nitrogens with zero attached hydrogens (tertiary/aromatic N) is 3. The molecule has 6 heteroatoms. The number of rotatable bonds is 2. The van der Waals surface area contributed by atoms with Gasteiger partial charge in [-0.05, 0) is 31.1 Å². The highest BCUT2D eigenvalue weighted by Crippen LogP contribution is 2.41. The lowest BCUT2D eigenvalue weighted by Crippen LogP contribution is -2.43. The van der Waals surface area contributed by atoms with Crippen molar-refractivity contribution >= 4 is 11.8 Å². The summed E-state index contributed by atoms with van der Waals surface area (Å²) in [5, 5.41) is 8.82. The predicted molar refractivity (Wildman–Crippen MR) is 72.9 cm³/mol. The van der Waals surface area contributed by atoms with Crippen LogP contribution in [-0.2, 0) is 4.74 Å². The van der Waals surface area contributed by atoms with Gasteiger partial charge in [0.25, 0.3) is 0 Å². The van der Waals surface area contributed by atoms with Crippen LogP contribution in [0.3, 0.4) is 0 Å². The molecule has 2 saturated heterocycles. The monoisotopic (exact) mass is 277 g/mol. The Balaban J connectivity index is 1.64. The normalized spacial score (nSPS) is 21.9. The zero-order valence-corrected chi connectivity index (χ0v) is 11.4. The van der Waals surface area contributed by atoms with Crippen LogP contribution >= 0.6 is 0 Å². The third-order valence-corrected chi connectivity index (χ3v) is 4.56. The van der Waals surface area contributed by atoms with Gasteiger partial charge in [0, 0.05) is 26.3 Å². The number of aromatic carboxylic acids is 1. The third-order valence-electron chi connectivity index (χ3n) is 4.56. The van der Waals surface area contributed by atoms with Crippen molar-refractivity contribution in [1.29, 1.82) is 0 Å². The molecular weight excluding hydrogens is 258 g/mol. The summed E-state index contributed by atoms with van der Waals surface area (Å²) in [6.07, 6.45) is 7.51. The number of carbonyl (C=O) groups is 1. The van der Waals surface area contributed by atoms with Gasteiger partial charge >= 0.3 is 5.97 Å². The summed E-state index contributed by atoms with van der Waals surface area (Å²) in [7, 11) is 0. The van der Waals surface area contributed by atoms with E-state index < -0.39 is 5.97 Å². The number of anilines is 1. The SMILES string of the molecule is O=C(O)c1cnc(N2CCC3(CCOCC3)CC2)cn1. The molecule has 0 amide bonds. The van der Waals surface area contributed by atoms with E-state index in [1.54, 1.807) is 6.20 Å². The predicted octanol–water partition coefficient (Wildman–Crippen LogP) is 1.57. The molecule has 6 nitrogen and oxygen atoms in total. The van der Waals surface area contributed by atoms with Gasteiger partial charge in [-0.25, -0.2) is 14.8 Å².